The Morgan fingerprint density at radius 3 is 2.52 bits per heavy atom. The molecule has 21 heavy (non-hydrogen) atoms. The third-order valence-corrected chi connectivity index (χ3v) is 5.97. The molecule has 4 aliphatic carbocycles. The van der Waals surface area contributed by atoms with E-state index in [-0.39, 0.29) is 0 Å². The molecule has 0 unspecified atom stereocenters. The molecule has 4 fully saturated rings. The molecule has 0 saturated heterocycles. The summed E-state index contributed by atoms with van der Waals surface area (Å²) in [4.78, 5) is 19.9. The van der Waals surface area contributed by atoms with Gasteiger partial charge in [-0.15, -0.1) is 0 Å². The van der Waals surface area contributed by atoms with Crippen LogP contribution < -0.4 is 5.32 Å². The monoisotopic (exact) mass is 287 g/mol. The Balaban J connectivity index is 1.27. The highest BCUT2D eigenvalue weighted by Gasteiger charge is 2.50. The maximum Gasteiger partial charge on any atom is 0.223 e. The molecule has 4 nitrogen and oxygen atoms in total. The normalized spacial score (nSPS) is 36.9. The Hall–Kier alpha value is -1.32. The zero-order valence-corrected chi connectivity index (χ0v) is 12.6. The Kier molecular flexibility index (Phi) is 3.48. The van der Waals surface area contributed by atoms with Crippen LogP contribution in [0.25, 0.3) is 0 Å². The summed E-state index contributed by atoms with van der Waals surface area (Å²) in [5, 5.41) is 3.19. The fourth-order valence-electron chi connectivity index (χ4n) is 5.37. The van der Waals surface area contributed by atoms with Crippen LogP contribution in [0.1, 0.15) is 44.3 Å². The number of rotatable bonds is 5. The molecular weight excluding hydrogens is 262 g/mol. The van der Waals surface area contributed by atoms with E-state index in [2.05, 4.69) is 15.3 Å². The number of carbonyl (C=O) groups is 1. The minimum Gasteiger partial charge on any atom is -0.356 e. The smallest absolute Gasteiger partial charge is 0.223 e. The van der Waals surface area contributed by atoms with Gasteiger partial charge in [0.15, 0.2) is 0 Å². The second kappa shape index (κ2) is 5.47. The molecule has 5 rings (SSSR count). The summed E-state index contributed by atoms with van der Waals surface area (Å²) in [5.41, 5.74) is 0. The van der Waals surface area contributed by atoms with Gasteiger partial charge in [-0.25, -0.2) is 4.98 Å². The van der Waals surface area contributed by atoms with Crippen LogP contribution >= 0.6 is 0 Å². The van der Waals surface area contributed by atoms with Gasteiger partial charge >= 0.3 is 0 Å². The van der Waals surface area contributed by atoms with Crippen LogP contribution in [-0.2, 0) is 11.2 Å². The second-order valence-corrected chi connectivity index (χ2v) is 7.39. The van der Waals surface area contributed by atoms with Crippen LogP contribution in [0.15, 0.2) is 12.4 Å². The van der Waals surface area contributed by atoms with Gasteiger partial charge in [0.25, 0.3) is 0 Å². The molecular formula is C17H25N3O. The van der Waals surface area contributed by atoms with Crippen LogP contribution in [0.5, 0.6) is 0 Å². The second-order valence-electron chi connectivity index (χ2n) is 7.39. The number of hydrogen-bond donors (Lipinski definition) is 2. The molecule has 4 saturated carbocycles. The van der Waals surface area contributed by atoms with E-state index >= 15 is 0 Å². The zero-order chi connectivity index (χ0) is 14.2. The lowest BCUT2D eigenvalue weighted by Crippen LogP contribution is -2.51. The summed E-state index contributed by atoms with van der Waals surface area (Å²) in [6, 6.07) is 0. The summed E-state index contributed by atoms with van der Waals surface area (Å²) in [5.74, 6) is 4.92. The van der Waals surface area contributed by atoms with E-state index in [0.717, 1.165) is 37.0 Å². The standard InChI is InChI=1S/C17H25N3O/c21-17(20-3-1-2-15-18-4-5-19-15)16-13-7-11-6-12(9-13)10-14(16)8-11/h4-5,11-14,16H,1-3,6-10H2,(H,18,19)(H,20,21). The summed E-state index contributed by atoms with van der Waals surface area (Å²) in [6.45, 7) is 0.780. The van der Waals surface area contributed by atoms with Gasteiger partial charge in [0.05, 0.1) is 0 Å². The van der Waals surface area contributed by atoms with Crippen molar-refractivity contribution in [3.8, 4) is 0 Å². The van der Waals surface area contributed by atoms with Crippen LogP contribution in [0.2, 0.25) is 0 Å². The van der Waals surface area contributed by atoms with Gasteiger partial charge in [-0.05, 0) is 62.2 Å². The number of nitrogens with one attached hydrogen (secondary N) is 2. The molecule has 4 heteroatoms. The minimum absolute atomic E-state index is 0.321. The Morgan fingerprint density at radius 1 is 1.19 bits per heavy atom. The molecule has 0 spiro atoms. The largest absolute Gasteiger partial charge is 0.356 e. The lowest BCUT2D eigenvalue weighted by atomic mass is 9.51. The summed E-state index contributed by atoms with van der Waals surface area (Å²) in [7, 11) is 0. The van der Waals surface area contributed by atoms with Crippen molar-refractivity contribution in [2.24, 2.45) is 29.6 Å². The van der Waals surface area contributed by atoms with Crippen molar-refractivity contribution in [3.63, 3.8) is 0 Å². The molecule has 1 aromatic rings. The fourth-order valence-corrected chi connectivity index (χ4v) is 5.37. The first-order valence-electron chi connectivity index (χ1n) is 8.55. The molecule has 0 atom stereocenters. The number of carbonyl (C=O) groups excluding carboxylic acids is 1. The number of aromatic amines is 1. The van der Waals surface area contributed by atoms with Crippen LogP contribution in [0.3, 0.4) is 0 Å². The number of hydrogen-bond acceptors (Lipinski definition) is 2. The molecule has 4 bridgehead atoms. The SMILES string of the molecule is O=C(NCCCc1ncc[nH]1)C1C2CC3CC(C2)CC1C3. The van der Waals surface area contributed by atoms with Crippen LogP contribution in [0.4, 0.5) is 0 Å². The number of amides is 1. The molecule has 1 heterocycles. The van der Waals surface area contributed by atoms with E-state index < -0.39 is 0 Å². The predicted octanol–water partition coefficient (Wildman–Crippen LogP) is 2.53. The van der Waals surface area contributed by atoms with Gasteiger partial charge in [0.2, 0.25) is 5.91 Å². The van der Waals surface area contributed by atoms with E-state index in [1.54, 1.807) is 6.20 Å². The molecule has 0 aliphatic heterocycles. The maximum atomic E-state index is 12.6. The number of H-pyrrole nitrogens is 1. The highest BCUT2D eigenvalue weighted by atomic mass is 16.1. The van der Waals surface area contributed by atoms with Gasteiger partial charge in [0.1, 0.15) is 5.82 Å². The first kappa shape index (κ1) is 13.4. The molecule has 0 aromatic carbocycles. The quantitative estimate of drug-likeness (QED) is 0.818. The van der Waals surface area contributed by atoms with Gasteiger partial charge in [0, 0.05) is 31.3 Å². The Bertz CT molecular complexity index is 468. The number of nitrogens with zero attached hydrogens (tertiary/aromatic N) is 1. The molecule has 114 valence electrons. The van der Waals surface area contributed by atoms with Crippen molar-refractivity contribution in [3.05, 3.63) is 18.2 Å². The van der Waals surface area contributed by atoms with Gasteiger partial charge in [-0.3, -0.25) is 4.79 Å². The minimum atomic E-state index is 0.321. The third kappa shape index (κ3) is 2.60. The number of aromatic nitrogens is 2. The Labute approximate surface area is 126 Å². The topological polar surface area (TPSA) is 57.8 Å². The number of aryl methyl sites for hydroxylation is 1. The van der Waals surface area contributed by atoms with Crippen molar-refractivity contribution >= 4 is 5.91 Å². The molecule has 4 aliphatic rings. The molecule has 0 radical (unpaired) electrons. The van der Waals surface area contributed by atoms with Crippen LogP contribution in [-0.4, -0.2) is 22.4 Å². The number of imidazole rings is 1. The van der Waals surface area contributed by atoms with E-state index in [4.69, 9.17) is 0 Å². The summed E-state index contributed by atoms with van der Waals surface area (Å²) in [6.07, 6.45) is 12.2. The summed E-state index contributed by atoms with van der Waals surface area (Å²) < 4.78 is 0. The van der Waals surface area contributed by atoms with E-state index in [0.29, 0.717) is 23.7 Å². The first-order valence-corrected chi connectivity index (χ1v) is 8.55. The maximum absolute atomic E-state index is 12.6. The average Bonchev–Trinajstić information content (AvgIpc) is 2.95. The first-order chi connectivity index (χ1) is 10.3. The highest BCUT2D eigenvalue weighted by Crippen LogP contribution is 2.56. The highest BCUT2D eigenvalue weighted by molar-refractivity contribution is 5.79. The molecule has 2 N–H and O–H groups in total. The Morgan fingerprint density at radius 2 is 1.90 bits per heavy atom. The van der Waals surface area contributed by atoms with Crippen molar-refractivity contribution in [2.45, 2.75) is 44.9 Å². The third-order valence-electron chi connectivity index (χ3n) is 5.97. The van der Waals surface area contributed by atoms with Crippen molar-refractivity contribution in [1.29, 1.82) is 0 Å². The van der Waals surface area contributed by atoms with Crippen molar-refractivity contribution in [1.82, 2.24) is 15.3 Å². The lowest BCUT2D eigenvalue weighted by Gasteiger charge is -2.53. The predicted molar refractivity (Wildman–Crippen MR) is 80.5 cm³/mol. The van der Waals surface area contributed by atoms with Crippen molar-refractivity contribution < 1.29 is 4.79 Å². The summed E-state index contributed by atoms with van der Waals surface area (Å²) >= 11 is 0. The van der Waals surface area contributed by atoms with Crippen LogP contribution in [0, 0.1) is 29.6 Å². The lowest BCUT2D eigenvalue weighted by molar-refractivity contribution is -0.138. The van der Waals surface area contributed by atoms with Gasteiger partial charge < -0.3 is 10.3 Å². The van der Waals surface area contributed by atoms with Gasteiger partial charge in [-0.1, -0.05) is 0 Å². The molecule has 1 amide bonds. The van der Waals surface area contributed by atoms with E-state index in [1.807, 2.05) is 6.20 Å². The van der Waals surface area contributed by atoms with Gasteiger partial charge in [-0.2, -0.15) is 0 Å². The van der Waals surface area contributed by atoms with E-state index in [9.17, 15) is 4.79 Å². The fraction of sp³-hybridized carbons (Fsp3) is 0.765. The molecule has 1 aromatic heterocycles. The van der Waals surface area contributed by atoms with E-state index in [1.165, 1.54) is 32.1 Å². The zero-order valence-electron chi connectivity index (χ0n) is 12.6. The average molecular weight is 287 g/mol. The van der Waals surface area contributed by atoms with Crippen molar-refractivity contribution in [2.75, 3.05) is 6.54 Å².